The minimum Gasteiger partial charge on any atom is -0.491 e. The van der Waals surface area contributed by atoms with Crippen LogP contribution in [0.15, 0.2) is 60.7 Å². The molecule has 3 aromatic carbocycles. The molecule has 0 aliphatic heterocycles. The Labute approximate surface area is 245 Å². The molecule has 2 aromatic heterocycles. The van der Waals surface area contributed by atoms with Crippen LogP contribution in [0, 0.1) is 5.41 Å². The number of aromatic carboxylic acids is 1. The third kappa shape index (κ3) is 5.73. The summed E-state index contributed by atoms with van der Waals surface area (Å²) in [6.45, 7) is 3.59. The lowest BCUT2D eigenvalue weighted by Crippen LogP contribution is -2.39. The van der Waals surface area contributed by atoms with E-state index >= 15 is 0 Å². The number of hydrogen-bond acceptors (Lipinski definition) is 7. The van der Waals surface area contributed by atoms with E-state index in [-0.39, 0.29) is 48.2 Å². The molecule has 1 atom stereocenters. The number of nitrogens with one attached hydrogen (secondary N) is 3. The quantitative estimate of drug-likeness (QED) is 0.0992. The van der Waals surface area contributed by atoms with Gasteiger partial charge in [0.25, 0.3) is 5.91 Å². The number of carboxylic acid groups (broad SMARTS) is 1. The Balaban J connectivity index is 1.30. The minimum atomic E-state index is -1.09. The van der Waals surface area contributed by atoms with Gasteiger partial charge in [-0.1, -0.05) is 12.1 Å². The molecule has 0 aliphatic rings. The summed E-state index contributed by atoms with van der Waals surface area (Å²) in [6, 6.07) is 16.7. The van der Waals surface area contributed by atoms with Crippen LogP contribution >= 0.6 is 0 Å². The summed E-state index contributed by atoms with van der Waals surface area (Å²) in [5.41, 5.74) is 9.40. The first-order valence-corrected chi connectivity index (χ1v) is 13.4. The van der Waals surface area contributed by atoms with Crippen molar-refractivity contribution in [1.29, 1.82) is 5.41 Å². The highest BCUT2D eigenvalue weighted by atomic mass is 16.5. The van der Waals surface area contributed by atoms with E-state index in [9.17, 15) is 19.5 Å². The number of guanidine groups is 1. The van der Waals surface area contributed by atoms with Gasteiger partial charge in [-0.2, -0.15) is 0 Å². The molecule has 220 valence electrons. The number of carboxylic acids is 1. The Morgan fingerprint density at radius 2 is 1.86 bits per heavy atom. The number of imidazole rings is 2. The molecule has 5 aromatic rings. The van der Waals surface area contributed by atoms with Gasteiger partial charge in [0.2, 0.25) is 5.91 Å². The molecule has 0 bridgehead atoms. The number of aromatic amines is 1. The molecular formula is C30H30N8O5. The Morgan fingerprint density at radius 3 is 2.58 bits per heavy atom. The zero-order valence-corrected chi connectivity index (χ0v) is 23.7. The van der Waals surface area contributed by atoms with Crippen molar-refractivity contribution in [3.63, 3.8) is 0 Å². The first-order chi connectivity index (χ1) is 20.5. The van der Waals surface area contributed by atoms with E-state index in [1.165, 1.54) is 13.0 Å². The number of rotatable bonds is 9. The van der Waals surface area contributed by atoms with Gasteiger partial charge in [0.05, 0.1) is 40.2 Å². The smallest absolute Gasteiger partial charge is 0.339 e. The number of carbonyl (C=O) groups excluding carboxylic acids is 2. The molecular weight excluding hydrogens is 552 g/mol. The Kier molecular flexibility index (Phi) is 7.80. The number of nitrogens with zero attached hydrogens (tertiary/aromatic N) is 4. The van der Waals surface area contributed by atoms with Crippen molar-refractivity contribution in [1.82, 2.24) is 24.8 Å². The van der Waals surface area contributed by atoms with Gasteiger partial charge in [-0.15, -0.1) is 0 Å². The summed E-state index contributed by atoms with van der Waals surface area (Å²) in [5.74, 6) is -0.750. The van der Waals surface area contributed by atoms with Gasteiger partial charge in [-0.3, -0.25) is 19.9 Å². The van der Waals surface area contributed by atoms with Crippen LogP contribution in [0.3, 0.4) is 0 Å². The molecule has 2 heterocycles. The number of carbonyl (C=O) groups is 3. The first-order valence-electron chi connectivity index (χ1n) is 13.4. The summed E-state index contributed by atoms with van der Waals surface area (Å²) in [4.78, 5) is 50.1. The lowest BCUT2D eigenvalue weighted by Gasteiger charge is -2.18. The molecule has 0 saturated heterocycles. The van der Waals surface area contributed by atoms with Crippen LogP contribution in [-0.2, 0) is 11.8 Å². The summed E-state index contributed by atoms with van der Waals surface area (Å²) < 4.78 is 7.47. The second-order valence-corrected chi connectivity index (χ2v) is 9.92. The Hall–Kier alpha value is -5.72. The third-order valence-corrected chi connectivity index (χ3v) is 7.04. The van der Waals surface area contributed by atoms with Crippen LogP contribution < -0.4 is 20.7 Å². The summed E-state index contributed by atoms with van der Waals surface area (Å²) in [6.07, 6.45) is 0. The van der Waals surface area contributed by atoms with Crippen LogP contribution in [0.2, 0.25) is 0 Å². The highest BCUT2D eigenvalue weighted by Crippen LogP contribution is 2.28. The number of aromatic nitrogens is 4. The van der Waals surface area contributed by atoms with E-state index in [4.69, 9.17) is 25.8 Å². The molecule has 1 unspecified atom stereocenters. The summed E-state index contributed by atoms with van der Waals surface area (Å²) >= 11 is 0. The van der Waals surface area contributed by atoms with Crippen molar-refractivity contribution in [3.05, 3.63) is 83.4 Å². The van der Waals surface area contributed by atoms with Crippen LogP contribution in [-0.4, -0.2) is 61.5 Å². The number of para-hydroxylation sites is 1. The SMILES string of the molecule is CC(=O)N(C(=N)N)c1ccc2nc(C(C)c3nc4ccc(C(=O)NCCOc5ccccc5C(=O)O)cc4n3C)[nH]c2c1. The second kappa shape index (κ2) is 11.6. The Bertz CT molecular complexity index is 1880. The van der Waals surface area contributed by atoms with Crippen LogP contribution in [0.4, 0.5) is 5.69 Å². The highest BCUT2D eigenvalue weighted by Gasteiger charge is 2.22. The predicted molar refractivity (Wildman–Crippen MR) is 161 cm³/mol. The fourth-order valence-electron chi connectivity index (χ4n) is 4.91. The number of ether oxygens (including phenoxy) is 1. The van der Waals surface area contributed by atoms with Crippen molar-refractivity contribution < 1.29 is 24.2 Å². The number of nitrogens with two attached hydrogens (primary N) is 1. The predicted octanol–water partition coefficient (Wildman–Crippen LogP) is 3.35. The monoisotopic (exact) mass is 582 g/mol. The number of amides is 2. The Morgan fingerprint density at radius 1 is 1.12 bits per heavy atom. The van der Waals surface area contributed by atoms with Crippen LogP contribution in [0.5, 0.6) is 5.75 Å². The molecule has 0 spiro atoms. The third-order valence-electron chi connectivity index (χ3n) is 7.04. The van der Waals surface area contributed by atoms with Gasteiger partial charge in [-0.05, 0) is 55.5 Å². The fourth-order valence-corrected chi connectivity index (χ4v) is 4.91. The molecule has 2 amide bonds. The van der Waals surface area contributed by atoms with E-state index in [0.717, 1.165) is 16.2 Å². The molecule has 6 N–H and O–H groups in total. The number of benzene rings is 3. The van der Waals surface area contributed by atoms with Gasteiger partial charge in [0, 0.05) is 19.5 Å². The van der Waals surface area contributed by atoms with E-state index in [1.807, 2.05) is 18.5 Å². The van der Waals surface area contributed by atoms with E-state index in [2.05, 4.69) is 10.3 Å². The van der Waals surface area contributed by atoms with Gasteiger partial charge in [-0.25, -0.2) is 14.8 Å². The largest absolute Gasteiger partial charge is 0.491 e. The summed E-state index contributed by atoms with van der Waals surface area (Å²) in [5, 5.41) is 19.8. The molecule has 0 radical (unpaired) electrons. The molecule has 0 fully saturated rings. The maximum Gasteiger partial charge on any atom is 0.339 e. The molecule has 0 aliphatic carbocycles. The second-order valence-electron chi connectivity index (χ2n) is 9.92. The van der Waals surface area contributed by atoms with E-state index < -0.39 is 5.97 Å². The molecule has 5 rings (SSSR count). The van der Waals surface area contributed by atoms with Gasteiger partial charge >= 0.3 is 5.97 Å². The lowest BCUT2D eigenvalue weighted by atomic mass is 10.1. The van der Waals surface area contributed by atoms with E-state index in [1.54, 1.807) is 54.6 Å². The fraction of sp³-hybridized carbons (Fsp3) is 0.200. The standard InChI is InChI=1S/C30H30N8O5/c1-16(26-34-21-11-9-19(15-23(21)35-26)38(17(2)39)30(31)32)27-36-22-10-8-18(14-24(22)37(27)3)28(40)33-12-13-43-25-7-5-4-6-20(25)29(41)42/h4-11,14-16H,12-13H2,1-3H3,(H3,31,32)(H,33,40)(H,34,35)(H,41,42). The van der Waals surface area contributed by atoms with Crippen LogP contribution in [0.25, 0.3) is 22.1 Å². The maximum absolute atomic E-state index is 12.9. The number of hydrogen-bond donors (Lipinski definition) is 5. The number of fused-ring (bicyclic) bond motifs is 2. The highest BCUT2D eigenvalue weighted by molar-refractivity contribution is 6.14. The summed E-state index contributed by atoms with van der Waals surface area (Å²) in [7, 11) is 1.87. The maximum atomic E-state index is 12.9. The number of aryl methyl sites for hydroxylation is 1. The van der Waals surface area contributed by atoms with Crippen molar-refractivity contribution in [2.24, 2.45) is 12.8 Å². The minimum absolute atomic E-state index is 0.0560. The lowest BCUT2D eigenvalue weighted by molar-refractivity contribution is -0.115. The van der Waals surface area contributed by atoms with E-state index in [0.29, 0.717) is 33.6 Å². The molecule has 13 nitrogen and oxygen atoms in total. The average molecular weight is 583 g/mol. The van der Waals surface area contributed by atoms with Crippen molar-refractivity contribution in [2.45, 2.75) is 19.8 Å². The number of anilines is 1. The molecule has 13 heteroatoms. The topological polar surface area (TPSA) is 192 Å². The molecule has 0 saturated carbocycles. The zero-order valence-electron chi connectivity index (χ0n) is 23.7. The van der Waals surface area contributed by atoms with Crippen molar-refractivity contribution >= 4 is 51.5 Å². The van der Waals surface area contributed by atoms with Crippen molar-refractivity contribution in [2.75, 3.05) is 18.1 Å². The normalized spacial score (nSPS) is 11.8. The van der Waals surface area contributed by atoms with Gasteiger partial charge < -0.3 is 30.4 Å². The molecule has 43 heavy (non-hydrogen) atoms. The van der Waals surface area contributed by atoms with Gasteiger partial charge in [0.15, 0.2) is 5.96 Å². The number of H-pyrrole nitrogens is 1. The zero-order chi connectivity index (χ0) is 30.8. The first kappa shape index (κ1) is 28.8. The van der Waals surface area contributed by atoms with Gasteiger partial charge in [0.1, 0.15) is 29.6 Å². The van der Waals surface area contributed by atoms with Crippen LogP contribution in [0.1, 0.15) is 52.1 Å². The van der Waals surface area contributed by atoms with Crippen molar-refractivity contribution in [3.8, 4) is 5.75 Å². The average Bonchev–Trinajstić information content (AvgIpc) is 3.55.